The standard InChI is InChI=1S/C31H27N/c1-20-10-8-9-13-26(20)27-16-17-29-28(22(27)3)15-14-25-19-31(21(2)18-30(25)29)32-23(4)24-11-6-5-7-12-24/h5-19H,1-4H3. The maximum absolute atomic E-state index is 4.96. The molecule has 0 aromatic heterocycles. The maximum atomic E-state index is 4.96. The Labute approximate surface area is 190 Å². The number of nitrogens with zero attached hydrogens (tertiary/aromatic N) is 1. The van der Waals surface area contributed by atoms with Gasteiger partial charge in [-0.3, -0.25) is 4.99 Å². The molecule has 0 N–H and O–H groups in total. The number of aryl methyl sites for hydroxylation is 3. The minimum absolute atomic E-state index is 1.03. The highest BCUT2D eigenvalue weighted by Gasteiger charge is 2.11. The van der Waals surface area contributed by atoms with Gasteiger partial charge in [0.25, 0.3) is 0 Å². The molecule has 0 aliphatic heterocycles. The Morgan fingerprint density at radius 2 is 1.31 bits per heavy atom. The lowest BCUT2D eigenvalue weighted by molar-refractivity contribution is 1.40. The Morgan fingerprint density at radius 3 is 2.09 bits per heavy atom. The van der Waals surface area contributed by atoms with Crippen LogP contribution in [0.15, 0.2) is 96.0 Å². The topological polar surface area (TPSA) is 12.4 Å². The van der Waals surface area contributed by atoms with Gasteiger partial charge in [-0.15, -0.1) is 0 Å². The van der Waals surface area contributed by atoms with E-state index in [1.54, 1.807) is 0 Å². The molecule has 0 unspecified atom stereocenters. The van der Waals surface area contributed by atoms with Crippen LogP contribution in [0, 0.1) is 20.8 Å². The molecule has 0 fully saturated rings. The van der Waals surface area contributed by atoms with Gasteiger partial charge in [0.05, 0.1) is 5.69 Å². The van der Waals surface area contributed by atoms with Gasteiger partial charge >= 0.3 is 0 Å². The second-order valence-electron chi connectivity index (χ2n) is 8.64. The maximum Gasteiger partial charge on any atom is 0.0668 e. The quantitative estimate of drug-likeness (QED) is 0.207. The van der Waals surface area contributed by atoms with Crippen LogP contribution in [0.2, 0.25) is 0 Å². The molecule has 156 valence electrons. The lowest BCUT2D eigenvalue weighted by atomic mass is 9.90. The monoisotopic (exact) mass is 413 g/mol. The fourth-order valence-corrected chi connectivity index (χ4v) is 4.65. The van der Waals surface area contributed by atoms with Gasteiger partial charge in [-0.05, 0) is 94.8 Å². The van der Waals surface area contributed by atoms with Crippen molar-refractivity contribution in [1.29, 1.82) is 0 Å². The van der Waals surface area contributed by atoms with Gasteiger partial charge in [0.2, 0.25) is 0 Å². The number of hydrogen-bond donors (Lipinski definition) is 0. The summed E-state index contributed by atoms with van der Waals surface area (Å²) < 4.78 is 0. The zero-order valence-corrected chi connectivity index (χ0v) is 19.1. The molecule has 1 heteroatoms. The van der Waals surface area contributed by atoms with Crippen molar-refractivity contribution in [2.24, 2.45) is 4.99 Å². The highest BCUT2D eigenvalue weighted by molar-refractivity contribution is 6.11. The third-order valence-electron chi connectivity index (χ3n) is 6.52. The smallest absolute Gasteiger partial charge is 0.0668 e. The summed E-state index contributed by atoms with van der Waals surface area (Å²) in [6.07, 6.45) is 0. The van der Waals surface area contributed by atoms with E-state index < -0.39 is 0 Å². The van der Waals surface area contributed by atoms with E-state index in [-0.39, 0.29) is 0 Å². The molecular weight excluding hydrogens is 386 g/mol. The van der Waals surface area contributed by atoms with Crippen molar-refractivity contribution in [3.05, 3.63) is 113 Å². The van der Waals surface area contributed by atoms with Crippen molar-refractivity contribution in [1.82, 2.24) is 0 Å². The third-order valence-corrected chi connectivity index (χ3v) is 6.52. The molecule has 0 atom stereocenters. The summed E-state index contributed by atoms with van der Waals surface area (Å²) in [4.78, 5) is 4.96. The Bertz CT molecular complexity index is 1490. The largest absolute Gasteiger partial charge is 0.253 e. The van der Waals surface area contributed by atoms with Gasteiger partial charge in [-0.2, -0.15) is 0 Å². The van der Waals surface area contributed by atoms with Crippen molar-refractivity contribution in [3.8, 4) is 11.1 Å². The first-order valence-electron chi connectivity index (χ1n) is 11.2. The summed E-state index contributed by atoms with van der Waals surface area (Å²) in [7, 11) is 0. The first-order valence-corrected chi connectivity index (χ1v) is 11.2. The normalized spacial score (nSPS) is 11.9. The van der Waals surface area contributed by atoms with Gasteiger partial charge in [0, 0.05) is 5.71 Å². The average Bonchev–Trinajstić information content (AvgIpc) is 2.81. The molecule has 0 aliphatic rings. The molecule has 0 heterocycles. The van der Waals surface area contributed by atoms with Crippen LogP contribution in [0.1, 0.15) is 29.2 Å². The first kappa shape index (κ1) is 20.2. The Balaban J connectivity index is 1.66. The predicted molar refractivity (Wildman–Crippen MR) is 139 cm³/mol. The van der Waals surface area contributed by atoms with E-state index in [2.05, 4.69) is 113 Å². The molecule has 0 saturated heterocycles. The fourth-order valence-electron chi connectivity index (χ4n) is 4.65. The third kappa shape index (κ3) is 3.50. The minimum atomic E-state index is 1.03. The molecule has 0 bridgehead atoms. The van der Waals surface area contributed by atoms with Gasteiger partial charge < -0.3 is 0 Å². The van der Waals surface area contributed by atoms with Crippen LogP contribution in [0.3, 0.4) is 0 Å². The number of rotatable bonds is 3. The van der Waals surface area contributed by atoms with Gasteiger partial charge in [-0.25, -0.2) is 0 Å². The van der Waals surface area contributed by atoms with Crippen molar-refractivity contribution < 1.29 is 0 Å². The summed E-state index contributed by atoms with van der Waals surface area (Å²) in [5.41, 5.74) is 9.68. The fraction of sp³-hybridized carbons (Fsp3) is 0.129. The lowest BCUT2D eigenvalue weighted by Gasteiger charge is -2.14. The number of benzene rings is 5. The number of hydrogen-bond acceptors (Lipinski definition) is 1. The molecule has 5 aromatic carbocycles. The molecule has 5 rings (SSSR count). The van der Waals surface area contributed by atoms with E-state index in [0.717, 1.165) is 17.0 Å². The second-order valence-corrected chi connectivity index (χ2v) is 8.64. The molecule has 0 aliphatic carbocycles. The molecule has 5 aromatic rings. The SMILES string of the molecule is CC(=Nc1cc2ccc3c(C)c(-c4ccccc4C)ccc3c2cc1C)c1ccccc1. The van der Waals surface area contributed by atoms with Gasteiger partial charge in [0.1, 0.15) is 0 Å². The van der Waals surface area contributed by atoms with Crippen LogP contribution >= 0.6 is 0 Å². The van der Waals surface area contributed by atoms with Crippen molar-refractivity contribution in [3.63, 3.8) is 0 Å². The molecule has 0 radical (unpaired) electrons. The molecule has 1 nitrogen and oxygen atoms in total. The van der Waals surface area contributed by atoms with E-state index in [1.807, 2.05) is 6.07 Å². The Kier molecular flexibility index (Phi) is 5.11. The average molecular weight is 414 g/mol. The van der Waals surface area contributed by atoms with Crippen LogP contribution in [-0.2, 0) is 0 Å². The summed E-state index contributed by atoms with van der Waals surface area (Å²) >= 11 is 0. The van der Waals surface area contributed by atoms with Crippen LogP contribution in [0.5, 0.6) is 0 Å². The Morgan fingerprint density at radius 1 is 0.594 bits per heavy atom. The van der Waals surface area contributed by atoms with Gasteiger partial charge in [0.15, 0.2) is 0 Å². The summed E-state index contributed by atoms with van der Waals surface area (Å²) in [5.74, 6) is 0. The lowest BCUT2D eigenvalue weighted by Crippen LogP contribution is -1.93. The van der Waals surface area contributed by atoms with Gasteiger partial charge in [-0.1, -0.05) is 78.9 Å². The second kappa shape index (κ2) is 8.09. The summed E-state index contributed by atoms with van der Waals surface area (Å²) in [5, 5.41) is 5.13. The summed E-state index contributed by atoms with van der Waals surface area (Å²) in [6.45, 7) is 8.66. The van der Waals surface area contributed by atoms with E-state index >= 15 is 0 Å². The van der Waals surface area contributed by atoms with E-state index in [0.29, 0.717) is 0 Å². The predicted octanol–water partition coefficient (Wildman–Crippen LogP) is 8.73. The Hall–Kier alpha value is -3.71. The molecule has 0 saturated carbocycles. The molecule has 0 amide bonds. The minimum Gasteiger partial charge on any atom is -0.253 e. The zero-order chi connectivity index (χ0) is 22.2. The van der Waals surface area contributed by atoms with Crippen LogP contribution in [0.4, 0.5) is 5.69 Å². The van der Waals surface area contributed by atoms with Crippen molar-refractivity contribution in [2.45, 2.75) is 27.7 Å². The number of aliphatic imine (C=N–C) groups is 1. The van der Waals surface area contributed by atoms with Crippen LogP contribution in [-0.4, -0.2) is 5.71 Å². The molecule has 32 heavy (non-hydrogen) atoms. The van der Waals surface area contributed by atoms with E-state index in [9.17, 15) is 0 Å². The van der Waals surface area contributed by atoms with Crippen molar-refractivity contribution >= 4 is 32.9 Å². The zero-order valence-electron chi connectivity index (χ0n) is 19.1. The molecule has 0 spiro atoms. The van der Waals surface area contributed by atoms with Crippen molar-refractivity contribution in [2.75, 3.05) is 0 Å². The van der Waals surface area contributed by atoms with Crippen LogP contribution in [0.25, 0.3) is 32.7 Å². The van der Waals surface area contributed by atoms with E-state index in [1.165, 1.54) is 49.4 Å². The van der Waals surface area contributed by atoms with Crippen LogP contribution < -0.4 is 0 Å². The first-order chi connectivity index (χ1) is 15.5. The number of fused-ring (bicyclic) bond motifs is 3. The van der Waals surface area contributed by atoms with E-state index in [4.69, 9.17) is 4.99 Å². The highest BCUT2D eigenvalue weighted by atomic mass is 14.7. The highest BCUT2D eigenvalue weighted by Crippen LogP contribution is 2.36. The molecular formula is C31H27N. The summed E-state index contributed by atoms with van der Waals surface area (Å²) in [6, 6.07) is 32.6.